The molecular formula is C17H19Cl2N3O3. The molecule has 2 N–H and O–H groups in total. The van der Waals surface area contributed by atoms with Gasteiger partial charge in [0.2, 0.25) is 0 Å². The van der Waals surface area contributed by atoms with Crippen molar-refractivity contribution in [1.82, 2.24) is 14.9 Å². The van der Waals surface area contributed by atoms with Crippen molar-refractivity contribution in [1.29, 1.82) is 0 Å². The van der Waals surface area contributed by atoms with Gasteiger partial charge >= 0.3 is 0 Å². The number of nitrogens with one attached hydrogen (secondary N) is 1. The molecule has 2 bridgehead atoms. The van der Waals surface area contributed by atoms with Gasteiger partial charge in [0.25, 0.3) is 0 Å². The summed E-state index contributed by atoms with van der Waals surface area (Å²) in [5.74, 6) is 0.810. The minimum absolute atomic E-state index is 0.192. The zero-order chi connectivity index (χ0) is 17.6. The van der Waals surface area contributed by atoms with Gasteiger partial charge in [-0.3, -0.25) is 0 Å². The van der Waals surface area contributed by atoms with Crippen molar-refractivity contribution in [2.24, 2.45) is 0 Å². The average Bonchev–Trinajstić information content (AvgIpc) is 3.19. The Bertz CT molecular complexity index is 769. The number of aryl methyl sites for hydroxylation is 1. The Morgan fingerprint density at radius 1 is 1.36 bits per heavy atom. The number of aliphatic hydroxyl groups is 1. The van der Waals surface area contributed by atoms with Crippen molar-refractivity contribution in [3.05, 3.63) is 52.0 Å². The molecular weight excluding hydrogens is 365 g/mol. The number of aliphatic hydroxyl groups excluding tert-OH is 1. The van der Waals surface area contributed by atoms with Crippen LogP contribution in [0, 0.1) is 6.92 Å². The van der Waals surface area contributed by atoms with Crippen LogP contribution in [-0.4, -0.2) is 45.8 Å². The number of rotatable bonds is 4. The molecule has 1 aromatic carbocycles. The highest BCUT2D eigenvalue weighted by Gasteiger charge is 2.50. The van der Waals surface area contributed by atoms with Crippen LogP contribution in [0.3, 0.4) is 0 Å². The van der Waals surface area contributed by atoms with E-state index in [0.717, 1.165) is 11.4 Å². The summed E-state index contributed by atoms with van der Waals surface area (Å²) in [6.45, 7) is 2.88. The third kappa shape index (κ3) is 3.18. The molecule has 1 aromatic heterocycles. The van der Waals surface area contributed by atoms with Crippen LogP contribution in [0.1, 0.15) is 17.4 Å². The van der Waals surface area contributed by atoms with E-state index in [0.29, 0.717) is 23.2 Å². The minimum atomic E-state index is -0.665. The summed E-state index contributed by atoms with van der Waals surface area (Å²) < 4.78 is 13.6. The Morgan fingerprint density at radius 3 is 2.92 bits per heavy atom. The van der Waals surface area contributed by atoms with E-state index < -0.39 is 12.4 Å². The second-order valence-electron chi connectivity index (χ2n) is 6.39. The number of benzene rings is 1. The SMILES string of the molecule is Cc1nccn1C1C2OCC(O2)C(NCc2ccc(Cl)c(Cl)c2)C1O. The van der Waals surface area contributed by atoms with E-state index in [4.69, 9.17) is 32.7 Å². The predicted molar refractivity (Wildman–Crippen MR) is 93.7 cm³/mol. The number of ether oxygens (including phenoxy) is 2. The third-order valence-corrected chi connectivity index (χ3v) is 5.58. The summed E-state index contributed by atoms with van der Waals surface area (Å²) >= 11 is 12.0. The first-order chi connectivity index (χ1) is 12.0. The van der Waals surface area contributed by atoms with E-state index in [-0.39, 0.29) is 18.2 Å². The molecule has 3 heterocycles. The highest BCUT2D eigenvalue weighted by molar-refractivity contribution is 6.42. The molecule has 2 aliphatic rings. The lowest BCUT2D eigenvalue weighted by atomic mass is 9.95. The number of hydrogen-bond donors (Lipinski definition) is 2. The van der Waals surface area contributed by atoms with Crippen molar-refractivity contribution >= 4 is 23.2 Å². The monoisotopic (exact) mass is 383 g/mol. The molecule has 0 radical (unpaired) electrons. The smallest absolute Gasteiger partial charge is 0.181 e. The summed E-state index contributed by atoms with van der Waals surface area (Å²) in [4.78, 5) is 4.24. The molecule has 2 aromatic rings. The number of nitrogens with zero attached hydrogens (tertiary/aromatic N) is 2. The van der Waals surface area contributed by atoms with Gasteiger partial charge in [-0.05, 0) is 24.6 Å². The zero-order valence-corrected chi connectivity index (χ0v) is 15.1. The first kappa shape index (κ1) is 17.3. The second-order valence-corrected chi connectivity index (χ2v) is 7.21. The molecule has 5 unspecified atom stereocenters. The third-order valence-electron chi connectivity index (χ3n) is 4.84. The van der Waals surface area contributed by atoms with Crippen LogP contribution in [0.15, 0.2) is 30.6 Å². The van der Waals surface area contributed by atoms with E-state index in [2.05, 4.69) is 10.3 Å². The normalized spacial score (nSPS) is 31.4. The lowest BCUT2D eigenvalue weighted by molar-refractivity contribution is -0.165. The molecule has 5 atom stereocenters. The highest BCUT2D eigenvalue weighted by Crippen LogP contribution is 2.36. The van der Waals surface area contributed by atoms with Crippen LogP contribution in [0.5, 0.6) is 0 Å². The quantitative estimate of drug-likeness (QED) is 0.847. The summed E-state index contributed by atoms with van der Waals surface area (Å²) in [5.41, 5.74) is 0.984. The van der Waals surface area contributed by atoms with Crippen LogP contribution in [0.25, 0.3) is 0 Å². The number of fused-ring (bicyclic) bond motifs is 2. The van der Waals surface area contributed by atoms with Gasteiger partial charge in [0.15, 0.2) is 6.29 Å². The second kappa shape index (κ2) is 6.87. The van der Waals surface area contributed by atoms with Gasteiger partial charge in [-0.15, -0.1) is 0 Å². The molecule has 0 saturated carbocycles. The number of imidazole rings is 1. The summed E-state index contributed by atoms with van der Waals surface area (Å²) in [6, 6.07) is 4.88. The lowest BCUT2D eigenvalue weighted by Crippen LogP contribution is -2.57. The van der Waals surface area contributed by atoms with E-state index in [1.807, 2.05) is 29.8 Å². The number of aromatic nitrogens is 2. The Morgan fingerprint density at radius 2 is 2.20 bits per heavy atom. The predicted octanol–water partition coefficient (Wildman–Crippen LogP) is 2.31. The molecule has 25 heavy (non-hydrogen) atoms. The Labute approximate surface area is 155 Å². The molecule has 134 valence electrons. The first-order valence-electron chi connectivity index (χ1n) is 8.16. The van der Waals surface area contributed by atoms with E-state index in [9.17, 15) is 5.11 Å². The van der Waals surface area contributed by atoms with Crippen molar-refractivity contribution in [2.45, 2.75) is 44.1 Å². The fourth-order valence-electron chi connectivity index (χ4n) is 3.54. The summed E-state index contributed by atoms with van der Waals surface area (Å²) in [6.07, 6.45) is 2.23. The van der Waals surface area contributed by atoms with Crippen LogP contribution >= 0.6 is 23.2 Å². The highest BCUT2D eigenvalue weighted by atomic mass is 35.5. The van der Waals surface area contributed by atoms with Gasteiger partial charge in [-0.25, -0.2) is 4.98 Å². The first-order valence-corrected chi connectivity index (χ1v) is 8.92. The van der Waals surface area contributed by atoms with Crippen LogP contribution < -0.4 is 5.32 Å². The van der Waals surface area contributed by atoms with E-state index in [1.165, 1.54) is 0 Å². The standard InChI is InChI=1S/C17H19Cl2N3O3/c1-9-20-4-5-22(9)15-16(23)14(13-8-24-17(15)25-13)21-7-10-2-3-11(18)12(19)6-10/h2-6,13-17,21,23H,7-8H2,1H3. The largest absolute Gasteiger partial charge is 0.389 e. The van der Waals surface area contributed by atoms with Crippen molar-refractivity contribution in [3.8, 4) is 0 Å². The molecule has 8 heteroatoms. The van der Waals surface area contributed by atoms with Crippen molar-refractivity contribution in [2.75, 3.05) is 6.61 Å². The Kier molecular flexibility index (Phi) is 4.75. The molecule has 2 fully saturated rings. The molecule has 0 spiro atoms. The Balaban J connectivity index is 1.52. The van der Waals surface area contributed by atoms with Gasteiger partial charge in [0.1, 0.15) is 18.0 Å². The Hall–Kier alpha value is -1.15. The topological polar surface area (TPSA) is 68.5 Å². The lowest BCUT2D eigenvalue weighted by Gasteiger charge is -2.39. The van der Waals surface area contributed by atoms with E-state index in [1.54, 1.807) is 12.3 Å². The number of hydrogen-bond acceptors (Lipinski definition) is 5. The molecule has 4 rings (SSSR count). The fraction of sp³-hybridized carbons (Fsp3) is 0.471. The van der Waals surface area contributed by atoms with Gasteiger partial charge in [0.05, 0.1) is 28.8 Å². The molecule has 0 aliphatic carbocycles. The van der Waals surface area contributed by atoms with E-state index >= 15 is 0 Å². The fourth-order valence-corrected chi connectivity index (χ4v) is 3.86. The molecule has 6 nitrogen and oxygen atoms in total. The average molecular weight is 384 g/mol. The maximum Gasteiger partial charge on any atom is 0.181 e. The number of halogens is 2. The molecule has 0 amide bonds. The van der Waals surface area contributed by atoms with Crippen LogP contribution in [0.4, 0.5) is 0 Å². The maximum absolute atomic E-state index is 11.0. The van der Waals surface area contributed by atoms with Crippen molar-refractivity contribution < 1.29 is 14.6 Å². The molecule has 2 saturated heterocycles. The minimum Gasteiger partial charge on any atom is -0.389 e. The van der Waals surface area contributed by atoms with Gasteiger partial charge in [-0.2, -0.15) is 0 Å². The summed E-state index contributed by atoms with van der Waals surface area (Å²) in [7, 11) is 0. The van der Waals surface area contributed by atoms with Gasteiger partial charge in [-0.1, -0.05) is 29.3 Å². The van der Waals surface area contributed by atoms with Crippen molar-refractivity contribution in [3.63, 3.8) is 0 Å². The van der Waals surface area contributed by atoms with Gasteiger partial charge in [0, 0.05) is 18.9 Å². The van der Waals surface area contributed by atoms with Gasteiger partial charge < -0.3 is 24.5 Å². The van der Waals surface area contributed by atoms with Crippen LogP contribution in [0.2, 0.25) is 10.0 Å². The molecule has 2 aliphatic heterocycles. The zero-order valence-electron chi connectivity index (χ0n) is 13.6. The summed E-state index contributed by atoms with van der Waals surface area (Å²) in [5, 5.41) is 15.4. The van der Waals surface area contributed by atoms with Crippen LogP contribution in [-0.2, 0) is 16.0 Å². The maximum atomic E-state index is 11.0.